The SMILES string of the molecule is CCCCCCCCCCCCCCCCNC(=O)CCc1cc(C)c(C2=C(c3sc(CCC(=O)NCCCCCCCCCCCCCCCC)cc3C)C(F)(F)C(F)(F)C2(F)F)s1. The van der Waals surface area contributed by atoms with Crippen LogP contribution in [0.5, 0.6) is 0 Å². The molecule has 1 aliphatic rings. The molecule has 0 saturated heterocycles. The minimum Gasteiger partial charge on any atom is -0.356 e. The van der Waals surface area contributed by atoms with E-state index in [2.05, 4.69) is 24.5 Å². The number of hydrogen-bond acceptors (Lipinski definition) is 4. The summed E-state index contributed by atoms with van der Waals surface area (Å²) in [5.41, 5.74) is -2.35. The van der Waals surface area contributed by atoms with Gasteiger partial charge in [0.15, 0.2) is 0 Å². The van der Waals surface area contributed by atoms with E-state index >= 15 is 26.3 Å². The fourth-order valence-corrected chi connectivity index (χ4v) is 11.4. The Balaban J connectivity index is 1.44. The van der Waals surface area contributed by atoms with Gasteiger partial charge < -0.3 is 10.6 Å². The maximum atomic E-state index is 15.7. The van der Waals surface area contributed by atoms with Gasteiger partial charge in [0, 0.05) is 45.4 Å². The van der Waals surface area contributed by atoms with Crippen molar-refractivity contribution in [1.29, 1.82) is 0 Å². The lowest BCUT2D eigenvalue weighted by atomic mass is 10.0. The smallest absolute Gasteiger partial charge is 0.356 e. The first kappa shape index (κ1) is 57.0. The van der Waals surface area contributed by atoms with E-state index in [0.29, 0.717) is 22.8 Å². The molecule has 2 amide bonds. The molecule has 0 aliphatic heterocycles. The van der Waals surface area contributed by atoms with Crippen molar-refractivity contribution in [2.24, 2.45) is 0 Å². The first-order valence-corrected chi connectivity index (χ1v) is 27.4. The van der Waals surface area contributed by atoms with Crippen molar-refractivity contribution >= 4 is 45.6 Å². The van der Waals surface area contributed by atoms with Crippen molar-refractivity contribution in [1.82, 2.24) is 10.6 Å². The summed E-state index contributed by atoms with van der Waals surface area (Å²) in [4.78, 5) is 25.6. The molecule has 0 aromatic carbocycles. The second kappa shape index (κ2) is 30.9. The third kappa shape index (κ3) is 18.9. The molecule has 0 bridgehead atoms. The number of rotatable bonds is 38. The Morgan fingerprint density at radius 3 is 0.985 bits per heavy atom. The Labute approximate surface area is 397 Å². The van der Waals surface area contributed by atoms with Gasteiger partial charge in [-0.05, 0) is 62.8 Å². The average Bonchev–Trinajstić information content (AvgIpc) is 3.85. The monoisotopic (exact) mass is 959 g/mol. The number of halogens is 6. The zero-order chi connectivity index (χ0) is 47.6. The molecule has 1 aliphatic carbocycles. The van der Waals surface area contributed by atoms with Crippen molar-refractivity contribution in [3.05, 3.63) is 42.8 Å². The van der Waals surface area contributed by atoms with E-state index in [1.54, 1.807) is 0 Å². The van der Waals surface area contributed by atoms with E-state index < -0.39 is 28.9 Å². The van der Waals surface area contributed by atoms with E-state index in [-0.39, 0.29) is 58.4 Å². The van der Waals surface area contributed by atoms with Crippen LogP contribution in [0, 0.1) is 13.8 Å². The lowest BCUT2D eigenvalue weighted by molar-refractivity contribution is -0.254. The van der Waals surface area contributed by atoms with Gasteiger partial charge in [0.1, 0.15) is 0 Å². The summed E-state index contributed by atoms with van der Waals surface area (Å²) in [7, 11) is 0. The third-order valence-electron chi connectivity index (χ3n) is 13.0. The number of thiophene rings is 2. The first-order chi connectivity index (χ1) is 31.2. The number of unbranched alkanes of at least 4 members (excludes halogenated alkanes) is 26. The summed E-state index contributed by atoms with van der Waals surface area (Å²) in [6.45, 7) is 8.44. The van der Waals surface area contributed by atoms with Crippen molar-refractivity contribution in [3.8, 4) is 0 Å². The molecular weight excluding hydrogens is 875 g/mol. The highest BCUT2D eigenvalue weighted by Crippen LogP contribution is 2.66. The maximum absolute atomic E-state index is 15.7. The zero-order valence-corrected chi connectivity index (χ0v) is 42.2. The number of aryl methyl sites for hydroxylation is 4. The van der Waals surface area contributed by atoms with Gasteiger partial charge in [0.25, 0.3) is 0 Å². The molecule has 2 N–H and O–H groups in total. The predicted octanol–water partition coefficient (Wildman–Crippen LogP) is 17.3. The van der Waals surface area contributed by atoms with E-state index in [1.165, 1.54) is 167 Å². The Morgan fingerprint density at radius 1 is 0.446 bits per heavy atom. The van der Waals surface area contributed by atoms with Crippen molar-refractivity contribution in [3.63, 3.8) is 0 Å². The molecule has 2 aromatic heterocycles. The molecule has 0 radical (unpaired) electrons. The van der Waals surface area contributed by atoms with E-state index in [4.69, 9.17) is 0 Å². The number of allylic oxidation sites excluding steroid dienone is 2. The Hall–Kier alpha value is -2.34. The van der Waals surface area contributed by atoms with Gasteiger partial charge in [-0.3, -0.25) is 9.59 Å². The summed E-state index contributed by atoms with van der Waals surface area (Å²) in [5, 5.41) is 5.81. The van der Waals surface area contributed by atoms with Crippen molar-refractivity contribution in [2.75, 3.05) is 13.1 Å². The number of nitrogens with one attached hydrogen (secondary N) is 2. The fraction of sp³-hybridized carbons (Fsp3) is 0.774. The fourth-order valence-electron chi connectivity index (χ4n) is 8.92. The van der Waals surface area contributed by atoms with Crippen LogP contribution in [0.25, 0.3) is 11.1 Å². The molecule has 2 aromatic rings. The third-order valence-corrected chi connectivity index (χ3v) is 15.6. The van der Waals surface area contributed by atoms with E-state index in [1.807, 2.05) is 0 Å². The molecule has 0 saturated carbocycles. The van der Waals surface area contributed by atoms with Crippen LogP contribution in [-0.4, -0.2) is 42.7 Å². The maximum Gasteiger partial charge on any atom is 0.380 e. The molecule has 4 nitrogen and oxygen atoms in total. The van der Waals surface area contributed by atoms with Gasteiger partial charge in [0.2, 0.25) is 11.8 Å². The molecule has 2 heterocycles. The topological polar surface area (TPSA) is 58.2 Å². The molecule has 65 heavy (non-hydrogen) atoms. The second-order valence-corrected chi connectivity index (χ2v) is 21.1. The van der Waals surface area contributed by atoms with Crippen molar-refractivity contribution < 1.29 is 35.9 Å². The lowest BCUT2D eigenvalue weighted by Crippen LogP contribution is -2.48. The van der Waals surface area contributed by atoms with E-state index in [9.17, 15) is 9.59 Å². The molecule has 0 unspecified atom stereocenters. The second-order valence-electron chi connectivity index (χ2n) is 18.8. The van der Waals surface area contributed by atoms with Gasteiger partial charge in [0.05, 0.1) is 11.1 Å². The molecule has 0 fully saturated rings. The van der Waals surface area contributed by atoms with Crippen LogP contribution >= 0.6 is 22.7 Å². The quantitative estimate of drug-likeness (QED) is 0.0520. The normalized spacial score (nSPS) is 15.3. The van der Waals surface area contributed by atoms with Crippen LogP contribution in [0.4, 0.5) is 26.3 Å². The zero-order valence-electron chi connectivity index (χ0n) is 40.6. The molecule has 12 heteroatoms. The van der Waals surface area contributed by atoms with Crippen LogP contribution < -0.4 is 10.6 Å². The minimum absolute atomic E-state index is 0.0625. The largest absolute Gasteiger partial charge is 0.380 e. The average molecular weight is 959 g/mol. The summed E-state index contributed by atoms with van der Waals surface area (Å²) in [6, 6.07) is 3.06. The summed E-state index contributed by atoms with van der Waals surface area (Å²) in [6.07, 6.45) is 35.1. The predicted molar refractivity (Wildman–Crippen MR) is 263 cm³/mol. The van der Waals surface area contributed by atoms with E-state index in [0.717, 1.165) is 61.2 Å². The molecule has 372 valence electrons. The van der Waals surface area contributed by atoms with Crippen molar-refractivity contribution in [2.45, 2.75) is 251 Å². The molecule has 0 spiro atoms. The first-order valence-electron chi connectivity index (χ1n) is 25.8. The Bertz CT molecular complexity index is 1570. The number of alkyl halides is 6. The standard InChI is InChI=1S/C53H84F6N2O2S2/c1-5-7-9-11-13-15-17-19-21-23-25-27-29-31-37-60-45(62)35-33-43-39-41(3)49(64-43)47-48(52(56,57)53(58,59)51(47,54)55)50-42(4)40-44(65-50)34-36-46(63)61-38-32-30-28-26-24-22-20-18-16-14-12-10-8-6-2/h39-40H,5-38H2,1-4H3,(H,60,62)(H,61,63). The van der Waals surface area contributed by atoms with Gasteiger partial charge in [-0.2, -0.15) is 26.3 Å². The van der Waals surface area contributed by atoms with Crippen LogP contribution in [0.1, 0.15) is 237 Å². The Morgan fingerprint density at radius 2 is 0.708 bits per heavy atom. The summed E-state index contributed by atoms with van der Waals surface area (Å²) < 4.78 is 93.2. The van der Waals surface area contributed by atoms with Crippen LogP contribution in [0.2, 0.25) is 0 Å². The highest BCUT2D eigenvalue weighted by molar-refractivity contribution is 7.14. The summed E-state index contributed by atoms with van der Waals surface area (Å²) >= 11 is 1.53. The summed E-state index contributed by atoms with van der Waals surface area (Å²) in [5.74, 6) is -16.4. The number of amides is 2. The number of hydrogen-bond donors (Lipinski definition) is 2. The highest BCUT2D eigenvalue weighted by atomic mass is 32.1. The molecular formula is C53H84F6N2O2S2. The van der Waals surface area contributed by atoms with Gasteiger partial charge in [-0.25, -0.2) is 0 Å². The minimum atomic E-state index is -5.65. The Kier molecular flexibility index (Phi) is 27.1. The van der Waals surface area contributed by atoms with Gasteiger partial charge in [-0.15, -0.1) is 22.7 Å². The van der Waals surface area contributed by atoms with Gasteiger partial charge >= 0.3 is 17.8 Å². The molecule has 0 atom stereocenters. The molecule has 3 rings (SSSR count). The van der Waals surface area contributed by atoms with Crippen LogP contribution in [-0.2, 0) is 22.4 Å². The lowest BCUT2D eigenvalue weighted by Gasteiger charge is -2.25. The number of carbonyl (C=O) groups excluding carboxylic acids is 2. The van der Waals surface area contributed by atoms with Crippen LogP contribution in [0.3, 0.4) is 0 Å². The van der Waals surface area contributed by atoms with Crippen LogP contribution in [0.15, 0.2) is 12.1 Å². The highest BCUT2D eigenvalue weighted by Gasteiger charge is 2.80. The van der Waals surface area contributed by atoms with Gasteiger partial charge in [-0.1, -0.05) is 181 Å². The number of carbonyl (C=O) groups is 2.